The molecule has 0 bridgehead atoms. The van der Waals surface area contributed by atoms with E-state index in [1.54, 1.807) is 35.4 Å². The van der Waals surface area contributed by atoms with Crippen LogP contribution in [0.5, 0.6) is 0 Å². The van der Waals surface area contributed by atoms with E-state index in [4.69, 9.17) is 0 Å². The molecule has 1 unspecified atom stereocenters. The molecular weight excluding hydrogens is 350 g/mol. The number of carbonyl (C=O) groups is 3. The number of unbranched alkanes of at least 4 members (excludes halogenated alkanes) is 2. The third kappa shape index (κ3) is 3.53. The molecule has 7 heteroatoms. The lowest BCUT2D eigenvalue weighted by molar-refractivity contribution is -0.129. The quantitative estimate of drug-likeness (QED) is 0.623. The number of aromatic nitrogens is 1. The maximum absolute atomic E-state index is 13.0. The monoisotopic (exact) mass is 371 g/mol. The molecule has 2 aromatic rings. The van der Waals surface area contributed by atoms with E-state index in [-0.39, 0.29) is 0 Å². The molecule has 0 saturated heterocycles. The first kappa shape index (κ1) is 18.3. The Morgan fingerprint density at radius 3 is 2.73 bits per heavy atom. The summed E-state index contributed by atoms with van der Waals surface area (Å²) < 4.78 is 0. The summed E-state index contributed by atoms with van der Waals surface area (Å²) in [5.41, 5.74) is 1.01. The molecule has 136 valence electrons. The van der Waals surface area contributed by atoms with Crippen molar-refractivity contribution in [3.8, 4) is 0 Å². The summed E-state index contributed by atoms with van der Waals surface area (Å²) in [7, 11) is 0. The summed E-state index contributed by atoms with van der Waals surface area (Å²) in [6.45, 7) is 4.45. The number of ketones is 1. The van der Waals surface area contributed by atoms with E-state index in [1.165, 1.54) is 11.3 Å². The molecule has 0 aliphatic carbocycles. The first-order valence-corrected chi connectivity index (χ1v) is 9.52. The number of aryl methyl sites for hydroxylation is 1. The Kier molecular flexibility index (Phi) is 5.46. The highest BCUT2D eigenvalue weighted by Gasteiger charge is 2.43. The van der Waals surface area contributed by atoms with Crippen LogP contribution >= 0.6 is 11.3 Å². The molecule has 6 nitrogen and oxygen atoms in total. The van der Waals surface area contributed by atoms with Crippen LogP contribution in [0.15, 0.2) is 30.5 Å². The van der Waals surface area contributed by atoms with Gasteiger partial charge in [-0.1, -0.05) is 31.9 Å². The number of anilines is 2. The van der Waals surface area contributed by atoms with Crippen LogP contribution in [0.2, 0.25) is 0 Å². The van der Waals surface area contributed by atoms with Crippen molar-refractivity contribution in [3.05, 3.63) is 40.9 Å². The van der Waals surface area contributed by atoms with Gasteiger partial charge in [0.2, 0.25) is 11.8 Å². The van der Waals surface area contributed by atoms with Crippen LogP contribution in [0.25, 0.3) is 0 Å². The van der Waals surface area contributed by atoms with Gasteiger partial charge >= 0.3 is 0 Å². The Hall–Kier alpha value is -2.54. The number of hydrogen-bond acceptors (Lipinski definition) is 5. The number of benzene rings is 1. The van der Waals surface area contributed by atoms with Crippen molar-refractivity contribution in [2.45, 2.75) is 33.1 Å². The Morgan fingerprint density at radius 1 is 1.27 bits per heavy atom. The van der Waals surface area contributed by atoms with Gasteiger partial charge < -0.3 is 10.2 Å². The molecule has 1 N–H and O–H groups in total. The largest absolute Gasteiger partial charge is 0.311 e. The molecule has 3 rings (SSSR count). The summed E-state index contributed by atoms with van der Waals surface area (Å²) >= 11 is 1.31. The fraction of sp³-hybridized carbons (Fsp3) is 0.368. The Labute approximate surface area is 156 Å². The smallest absolute Gasteiger partial charge is 0.247 e. The van der Waals surface area contributed by atoms with E-state index in [9.17, 15) is 14.4 Å². The fourth-order valence-electron chi connectivity index (χ4n) is 3.03. The highest BCUT2D eigenvalue weighted by molar-refractivity contribution is 7.15. The second-order valence-electron chi connectivity index (χ2n) is 6.28. The van der Waals surface area contributed by atoms with E-state index in [2.05, 4.69) is 17.2 Å². The molecule has 1 atom stereocenters. The summed E-state index contributed by atoms with van der Waals surface area (Å²) in [5.74, 6) is -2.90. The van der Waals surface area contributed by atoms with Crippen LogP contribution in [0.3, 0.4) is 0 Å². The molecule has 1 aliphatic heterocycles. The summed E-state index contributed by atoms with van der Waals surface area (Å²) in [6, 6.07) is 6.97. The number of rotatable bonds is 6. The predicted octanol–water partition coefficient (Wildman–Crippen LogP) is 3.43. The normalized spacial score (nSPS) is 16.5. The van der Waals surface area contributed by atoms with Crippen LogP contribution < -0.4 is 10.2 Å². The maximum atomic E-state index is 13.0. The maximum Gasteiger partial charge on any atom is 0.247 e. The summed E-state index contributed by atoms with van der Waals surface area (Å²) in [6.07, 6.45) is 4.47. The molecule has 1 aliphatic rings. The van der Waals surface area contributed by atoms with Crippen LogP contribution in [-0.2, 0) is 9.59 Å². The number of carbonyl (C=O) groups excluding carboxylic acids is 3. The molecule has 2 amide bonds. The molecule has 0 radical (unpaired) electrons. The SMILES string of the molecule is CCCCCN1C(=O)C(C(=O)Nc2ncc(C)s2)C(=O)c2ccccc21. The average Bonchev–Trinajstić information content (AvgIpc) is 3.03. The lowest BCUT2D eigenvalue weighted by atomic mass is 9.89. The number of hydrogen-bond donors (Lipinski definition) is 1. The third-order valence-electron chi connectivity index (χ3n) is 4.33. The van der Waals surface area contributed by atoms with Crippen LogP contribution in [0.1, 0.15) is 41.4 Å². The number of amides is 2. The van der Waals surface area contributed by atoms with Crippen molar-refractivity contribution in [3.63, 3.8) is 0 Å². The van der Waals surface area contributed by atoms with Gasteiger partial charge in [-0.15, -0.1) is 11.3 Å². The summed E-state index contributed by atoms with van der Waals surface area (Å²) in [4.78, 5) is 45.0. The lowest BCUT2D eigenvalue weighted by Crippen LogP contribution is -2.49. The van der Waals surface area contributed by atoms with Crippen LogP contribution in [0, 0.1) is 12.8 Å². The number of nitrogens with zero attached hydrogens (tertiary/aromatic N) is 2. The standard InChI is InChI=1S/C19H21N3O3S/c1-3-4-7-10-22-14-9-6-5-8-13(14)16(23)15(18(22)25)17(24)21-19-20-11-12(2)26-19/h5-6,8-9,11,15H,3-4,7,10H2,1-2H3,(H,20,21,24). The van der Waals surface area contributed by atoms with Gasteiger partial charge in [-0.3, -0.25) is 14.4 Å². The molecule has 0 spiro atoms. The molecule has 1 aromatic carbocycles. The molecule has 26 heavy (non-hydrogen) atoms. The molecule has 0 fully saturated rings. The van der Waals surface area contributed by atoms with Gasteiger partial charge in [0.05, 0.1) is 5.69 Å². The molecular formula is C19H21N3O3S. The number of nitrogens with one attached hydrogen (secondary N) is 1. The van der Waals surface area contributed by atoms with E-state index >= 15 is 0 Å². The minimum absolute atomic E-state index is 0.393. The summed E-state index contributed by atoms with van der Waals surface area (Å²) in [5, 5.41) is 3.01. The molecule has 0 saturated carbocycles. The first-order chi connectivity index (χ1) is 12.5. The molecule has 2 heterocycles. The second-order valence-corrected chi connectivity index (χ2v) is 7.51. The average molecular weight is 371 g/mol. The van der Waals surface area contributed by atoms with Crippen LogP contribution in [0.4, 0.5) is 10.8 Å². The Morgan fingerprint density at radius 2 is 2.04 bits per heavy atom. The van der Waals surface area contributed by atoms with Crippen molar-refractivity contribution < 1.29 is 14.4 Å². The lowest BCUT2D eigenvalue weighted by Gasteiger charge is -2.32. The number of thiazole rings is 1. The fourth-order valence-corrected chi connectivity index (χ4v) is 3.70. The van der Waals surface area contributed by atoms with Gasteiger partial charge in [0.1, 0.15) is 0 Å². The number of para-hydroxylation sites is 1. The van der Waals surface area contributed by atoms with Crippen molar-refractivity contribution in [1.82, 2.24) is 4.98 Å². The number of fused-ring (bicyclic) bond motifs is 1. The minimum Gasteiger partial charge on any atom is -0.311 e. The Balaban J connectivity index is 1.89. The third-order valence-corrected chi connectivity index (χ3v) is 5.16. The van der Waals surface area contributed by atoms with Gasteiger partial charge in [-0.05, 0) is 25.5 Å². The van der Waals surface area contributed by atoms with Gasteiger partial charge in [0.15, 0.2) is 16.8 Å². The predicted molar refractivity (Wildman–Crippen MR) is 102 cm³/mol. The highest BCUT2D eigenvalue weighted by atomic mass is 32.1. The zero-order valence-corrected chi connectivity index (χ0v) is 15.6. The van der Waals surface area contributed by atoms with Gasteiger partial charge in [0, 0.05) is 23.2 Å². The second kappa shape index (κ2) is 7.78. The Bertz CT molecular complexity index is 846. The number of Topliss-reactive ketones (excluding diaryl/α,β-unsaturated/α-hetero) is 1. The van der Waals surface area contributed by atoms with Gasteiger partial charge in [-0.25, -0.2) is 4.98 Å². The van der Waals surface area contributed by atoms with Crippen molar-refractivity contribution in [1.29, 1.82) is 0 Å². The van der Waals surface area contributed by atoms with Crippen molar-refractivity contribution in [2.24, 2.45) is 5.92 Å². The van der Waals surface area contributed by atoms with E-state index < -0.39 is 23.5 Å². The topological polar surface area (TPSA) is 79.4 Å². The minimum atomic E-state index is -1.37. The van der Waals surface area contributed by atoms with E-state index in [1.807, 2.05) is 6.92 Å². The van der Waals surface area contributed by atoms with Gasteiger partial charge in [0.25, 0.3) is 0 Å². The van der Waals surface area contributed by atoms with Crippen molar-refractivity contribution >= 4 is 39.8 Å². The van der Waals surface area contributed by atoms with Gasteiger partial charge in [-0.2, -0.15) is 0 Å². The van der Waals surface area contributed by atoms with E-state index in [0.717, 1.165) is 24.1 Å². The van der Waals surface area contributed by atoms with E-state index in [0.29, 0.717) is 22.9 Å². The first-order valence-electron chi connectivity index (χ1n) is 8.71. The zero-order chi connectivity index (χ0) is 18.7. The highest BCUT2D eigenvalue weighted by Crippen LogP contribution is 2.32. The van der Waals surface area contributed by atoms with Crippen molar-refractivity contribution in [2.75, 3.05) is 16.8 Å². The zero-order valence-electron chi connectivity index (χ0n) is 14.8. The molecule has 1 aromatic heterocycles. The van der Waals surface area contributed by atoms with Crippen LogP contribution in [-0.4, -0.2) is 29.1 Å².